The molecule has 0 saturated carbocycles. The van der Waals surface area contributed by atoms with Gasteiger partial charge in [0.05, 0.1) is 13.2 Å². The number of aliphatic imine (C=N–C) groups is 1. The summed E-state index contributed by atoms with van der Waals surface area (Å²) in [4.78, 5) is 6.41. The molecule has 1 unspecified atom stereocenters. The molecule has 0 aliphatic heterocycles. The third kappa shape index (κ3) is 8.20. The number of hydrogen-bond acceptors (Lipinski definition) is 3. The van der Waals surface area contributed by atoms with Crippen LogP contribution in [-0.2, 0) is 4.74 Å². The number of nitrogens with zero attached hydrogens (tertiary/aromatic N) is 2. The Hall–Kier alpha value is -0.810. The minimum absolute atomic E-state index is 0.197. The number of guanidine groups is 1. The van der Waals surface area contributed by atoms with Crippen molar-refractivity contribution in [1.82, 2.24) is 10.2 Å². The minimum Gasteiger partial charge on any atom is -0.383 e. The van der Waals surface area contributed by atoms with Crippen molar-refractivity contribution in [3.63, 3.8) is 0 Å². The van der Waals surface area contributed by atoms with Crippen molar-refractivity contribution in [1.29, 1.82) is 0 Å². The van der Waals surface area contributed by atoms with E-state index in [2.05, 4.69) is 29.2 Å². The van der Waals surface area contributed by atoms with Gasteiger partial charge in [0.1, 0.15) is 0 Å². The average molecular weight is 216 g/mol. The van der Waals surface area contributed by atoms with Crippen LogP contribution in [-0.4, -0.2) is 57.3 Å². The van der Waals surface area contributed by atoms with E-state index in [0.29, 0.717) is 12.6 Å². The van der Waals surface area contributed by atoms with Gasteiger partial charge in [-0.15, -0.1) is 0 Å². The van der Waals surface area contributed by atoms with Gasteiger partial charge in [0, 0.05) is 19.7 Å². The van der Waals surface area contributed by atoms with E-state index in [1.165, 1.54) is 0 Å². The van der Waals surface area contributed by atoms with E-state index in [1.807, 2.05) is 6.92 Å². The number of likely N-dealkylation sites (N-methyl/N-ethyl adjacent to an activating group) is 1. The highest BCUT2D eigenvalue weighted by Gasteiger charge is 2.01. The average Bonchev–Trinajstić information content (AvgIpc) is 2.17. The Kier molecular flexibility index (Phi) is 8.04. The van der Waals surface area contributed by atoms with Crippen LogP contribution in [0, 0.1) is 0 Å². The molecule has 0 fully saturated rings. The normalized spacial score (nSPS) is 14.3. The van der Waals surface area contributed by atoms with Gasteiger partial charge in [-0.05, 0) is 20.5 Å². The first-order chi connectivity index (χ1) is 7.10. The molecule has 5 heteroatoms. The summed E-state index contributed by atoms with van der Waals surface area (Å²) >= 11 is 0. The van der Waals surface area contributed by atoms with Crippen LogP contribution >= 0.6 is 0 Å². The number of rotatable bonds is 7. The zero-order valence-electron chi connectivity index (χ0n) is 10.3. The smallest absolute Gasteiger partial charge is 0.188 e. The van der Waals surface area contributed by atoms with Crippen molar-refractivity contribution in [2.75, 3.05) is 40.4 Å². The molecule has 1 atom stereocenters. The zero-order chi connectivity index (χ0) is 11.7. The molecule has 0 rings (SSSR count). The predicted molar refractivity (Wildman–Crippen MR) is 64.1 cm³/mol. The second-order valence-electron chi connectivity index (χ2n) is 3.66. The maximum Gasteiger partial charge on any atom is 0.188 e. The first kappa shape index (κ1) is 14.2. The number of nitrogens with one attached hydrogen (secondary N) is 1. The Morgan fingerprint density at radius 2 is 2.27 bits per heavy atom. The van der Waals surface area contributed by atoms with Crippen molar-refractivity contribution in [2.45, 2.75) is 19.9 Å². The fourth-order valence-electron chi connectivity index (χ4n) is 1.09. The summed E-state index contributed by atoms with van der Waals surface area (Å²) in [6.45, 7) is 7.43. The molecule has 15 heavy (non-hydrogen) atoms. The fourth-order valence-corrected chi connectivity index (χ4v) is 1.09. The van der Waals surface area contributed by atoms with Gasteiger partial charge in [-0.25, -0.2) is 0 Å². The third-order valence-electron chi connectivity index (χ3n) is 2.11. The Morgan fingerprint density at radius 1 is 1.60 bits per heavy atom. The van der Waals surface area contributed by atoms with E-state index in [1.54, 1.807) is 7.11 Å². The molecule has 0 radical (unpaired) electrons. The summed E-state index contributed by atoms with van der Waals surface area (Å²) in [5, 5.41) is 3.06. The summed E-state index contributed by atoms with van der Waals surface area (Å²) in [5.74, 6) is 0.490. The predicted octanol–water partition coefficient (Wildman–Crippen LogP) is -0.123. The Balaban J connectivity index is 3.68. The van der Waals surface area contributed by atoms with Gasteiger partial charge >= 0.3 is 0 Å². The van der Waals surface area contributed by atoms with E-state index >= 15 is 0 Å². The maximum atomic E-state index is 5.70. The zero-order valence-corrected chi connectivity index (χ0v) is 10.3. The lowest BCUT2D eigenvalue weighted by molar-refractivity contribution is 0.179. The second kappa shape index (κ2) is 8.49. The number of ether oxygens (including phenoxy) is 1. The van der Waals surface area contributed by atoms with Crippen LogP contribution in [0.5, 0.6) is 0 Å². The molecule has 0 spiro atoms. The van der Waals surface area contributed by atoms with Crippen LogP contribution in [0.1, 0.15) is 13.8 Å². The summed E-state index contributed by atoms with van der Waals surface area (Å²) < 4.78 is 4.98. The molecule has 0 aromatic heterocycles. The van der Waals surface area contributed by atoms with Crippen LogP contribution in [0.3, 0.4) is 0 Å². The van der Waals surface area contributed by atoms with Crippen molar-refractivity contribution in [3.05, 3.63) is 0 Å². The summed E-state index contributed by atoms with van der Waals surface area (Å²) in [6, 6.07) is 0.197. The molecule has 0 aliphatic carbocycles. The third-order valence-corrected chi connectivity index (χ3v) is 2.11. The lowest BCUT2D eigenvalue weighted by atomic mass is 10.4. The summed E-state index contributed by atoms with van der Waals surface area (Å²) in [7, 11) is 3.73. The summed E-state index contributed by atoms with van der Waals surface area (Å²) in [5.41, 5.74) is 5.70. The highest BCUT2D eigenvalue weighted by Crippen LogP contribution is 1.83. The van der Waals surface area contributed by atoms with Gasteiger partial charge in [0.2, 0.25) is 0 Å². The summed E-state index contributed by atoms with van der Waals surface area (Å²) in [6.07, 6.45) is 0. The van der Waals surface area contributed by atoms with Gasteiger partial charge in [-0.3, -0.25) is 4.99 Å². The highest BCUT2D eigenvalue weighted by atomic mass is 16.5. The topological polar surface area (TPSA) is 62.9 Å². The quantitative estimate of drug-likeness (QED) is 0.460. The molecular weight excluding hydrogens is 192 g/mol. The number of nitrogens with two attached hydrogens (primary N) is 1. The van der Waals surface area contributed by atoms with Crippen molar-refractivity contribution in [2.24, 2.45) is 10.7 Å². The first-order valence-electron chi connectivity index (χ1n) is 5.34. The number of methoxy groups -OCH3 is 1. The molecule has 0 heterocycles. The van der Waals surface area contributed by atoms with Crippen LogP contribution in [0.15, 0.2) is 4.99 Å². The molecule has 0 aromatic carbocycles. The van der Waals surface area contributed by atoms with Crippen LogP contribution in [0.25, 0.3) is 0 Å². The van der Waals surface area contributed by atoms with E-state index < -0.39 is 0 Å². The van der Waals surface area contributed by atoms with Crippen molar-refractivity contribution >= 4 is 5.96 Å². The van der Waals surface area contributed by atoms with Crippen molar-refractivity contribution < 1.29 is 4.74 Å². The molecule has 90 valence electrons. The van der Waals surface area contributed by atoms with Crippen LogP contribution < -0.4 is 11.1 Å². The molecule has 0 aromatic rings. The minimum atomic E-state index is 0.197. The Bertz CT molecular complexity index is 184. The molecular formula is C10H24N4O. The first-order valence-corrected chi connectivity index (χ1v) is 5.34. The van der Waals surface area contributed by atoms with Crippen LogP contribution in [0.4, 0.5) is 0 Å². The Labute approximate surface area is 92.7 Å². The SMILES string of the molecule is CCN(C)CCN=C(N)NC(C)COC. The van der Waals surface area contributed by atoms with E-state index in [0.717, 1.165) is 19.6 Å². The molecule has 0 aliphatic rings. The van der Waals surface area contributed by atoms with Gasteiger partial charge in [0.25, 0.3) is 0 Å². The Morgan fingerprint density at radius 3 is 2.80 bits per heavy atom. The molecule has 0 amide bonds. The molecule has 5 nitrogen and oxygen atoms in total. The van der Waals surface area contributed by atoms with Gasteiger partial charge in [-0.1, -0.05) is 6.92 Å². The monoisotopic (exact) mass is 216 g/mol. The van der Waals surface area contributed by atoms with Crippen molar-refractivity contribution in [3.8, 4) is 0 Å². The lowest BCUT2D eigenvalue weighted by Crippen LogP contribution is -2.41. The van der Waals surface area contributed by atoms with E-state index in [-0.39, 0.29) is 6.04 Å². The van der Waals surface area contributed by atoms with Gasteiger partial charge in [0.15, 0.2) is 5.96 Å². The fraction of sp³-hybridized carbons (Fsp3) is 0.900. The maximum absolute atomic E-state index is 5.70. The number of hydrogen-bond donors (Lipinski definition) is 2. The van der Waals surface area contributed by atoms with Gasteiger partial charge in [-0.2, -0.15) is 0 Å². The van der Waals surface area contributed by atoms with Gasteiger partial charge < -0.3 is 20.7 Å². The molecule has 0 bridgehead atoms. The largest absolute Gasteiger partial charge is 0.383 e. The van der Waals surface area contributed by atoms with Crippen LogP contribution in [0.2, 0.25) is 0 Å². The van der Waals surface area contributed by atoms with E-state index in [9.17, 15) is 0 Å². The van der Waals surface area contributed by atoms with E-state index in [4.69, 9.17) is 10.5 Å². The molecule has 3 N–H and O–H groups in total. The highest BCUT2D eigenvalue weighted by molar-refractivity contribution is 5.78. The lowest BCUT2D eigenvalue weighted by Gasteiger charge is -2.14. The molecule has 0 saturated heterocycles. The second-order valence-corrected chi connectivity index (χ2v) is 3.66. The standard InChI is InChI=1S/C10H24N4O/c1-5-14(3)7-6-12-10(11)13-9(2)8-15-4/h9H,5-8H2,1-4H3,(H3,11,12,13).